The van der Waals surface area contributed by atoms with Crippen LogP contribution >= 0.6 is 0 Å². The first-order valence-electron chi connectivity index (χ1n) is 7.90. The Balaban J connectivity index is 1.66. The van der Waals surface area contributed by atoms with Gasteiger partial charge in [-0.1, -0.05) is 30.3 Å². The smallest absolute Gasteiger partial charge is 0.242 e. The number of rotatable bonds is 3. The fraction of sp³-hybridized carbons (Fsp3) is 0.222. The fourth-order valence-corrected chi connectivity index (χ4v) is 3.24. The van der Waals surface area contributed by atoms with Gasteiger partial charge in [0.05, 0.1) is 11.7 Å². The number of carbonyl (C=O) groups excluding carboxylic acids is 1. The van der Waals surface area contributed by atoms with Gasteiger partial charge in [-0.2, -0.15) is 5.10 Å². The summed E-state index contributed by atoms with van der Waals surface area (Å²) in [5.74, 6) is -0.512. The molecule has 2 heterocycles. The van der Waals surface area contributed by atoms with E-state index in [2.05, 4.69) is 15.5 Å². The normalized spacial score (nSPS) is 18.7. The van der Waals surface area contributed by atoms with Crippen molar-refractivity contribution in [3.63, 3.8) is 0 Å². The minimum absolute atomic E-state index is 0.158. The monoisotopic (exact) mass is 324 g/mol. The molecule has 1 amide bonds. The van der Waals surface area contributed by atoms with Gasteiger partial charge < -0.3 is 5.32 Å². The quantitative estimate of drug-likeness (QED) is 0.777. The third kappa shape index (κ3) is 2.65. The average molecular weight is 324 g/mol. The highest BCUT2D eigenvalue weighted by atomic mass is 19.1. The van der Waals surface area contributed by atoms with Gasteiger partial charge >= 0.3 is 0 Å². The predicted octanol–water partition coefficient (Wildman–Crippen LogP) is 2.38. The second-order valence-corrected chi connectivity index (χ2v) is 5.98. The molecular formula is C18H17FN4O. The highest BCUT2D eigenvalue weighted by molar-refractivity contribution is 5.84. The maximum absolute atomic E-state index is 14.2. The van der Waals surface area contributed by atoms with E-state index >= 15 is 0 Å². The summed E-state index contributed by atoms with van der Waals surface area (Å²) in [7, 11) is 0. The van der Waals surface area contributed by atoms with Crippen LogP contribution in [-0.2, 0) is 11.3 Å². The second-order valence-electron chi connectivity index (χ2n) is 5.98. The van der Waals surface area contributed by atoms with E-state index in [-0.39, 0.29) is 11.7 Å². The maximum Gasteiger partial charge on any atom is 0.242 e. The van der Waals surface area contributed by atoms with Crippen LogP contribution in [0.4, 0.5) is 4.39 Å². The molecule has 1 unspecified atom stereocenters. The summed E-state index contributed by atoms with van der Waals surface area (Å²) in [5.41, 5.74) is 2.43. The van der Waals surface area contributed by atoms with Gasteiger partial charge in [0.1, 0.15) is 11.9 Å². The van der Waals surface area contributed by atoms with Crippen molar-refractivity contribution in [3.8, 4) is 0 Å². The molecule has 0 radical (unpaired) electrons. The van der Waals surface area contributed by atoms with E-state index in [1.165, 1.54) is 6.07 Å². The number of piperazine rings is 1. The standard InChI is InChI=1S/C18H17FN4O/c19-15-4-2-1-3-14(15)17-18(24)20-7-8-23(17)11-12-5-6-13-10-21-22-16(13)9-12/h1-6,9-10,17H,7-8,11H2,(H,20,24)(H,21,22). The Labute approximate surface area is 138 Å². The summed E-state index contributed by atoms with van der Waals surface area (Å²) in [6, 6.07) is 11.9. The zero-order valence-electron chi connectivity index (χ0n) is 13.0. The number of H-pyrrole nitrogens is 1. The van der Waals surface area contributed by atoms with Crippen molar-refractivity contribution in [3.05, 3.63) is 65.6 Å². The van der Waals surface area contributed by atoms with Crippen molar-refractivity contribution in [1.82, 2.24) is 20.4 Å². The molecule has 1 fully saturated rings. The van der Waals surface area contributed by atoms with Crippen LogP contribution in [0.5, 0.6) is 0 Å². The average Bonchev–Trinajstić information content (AvgIpc) is 3.04. The highest BCUT2D eigenvalue weighted by Crippen LogP contribution is 2.27. The molecule has 0 bridgehead atoms. The number of fused-ring (bicyclic) bond motifs is 1. The molecule has 1 aliphatic rings. The molecule has 5 nitrogen and oxygen atoms in total. The number of halogens is 1. The van der Waals surface area contributed by atoms with Crippen LogP contribution in [0.1, 0.15) is 17.2 Å². The van der Waals surface area contributed by atoms with Gasteiger partial charge in [-0.05, 0) is 17.7 Å². The van der Waals surface area contributed by atoms with Gasteiger partial charge in [-0.25, -0.2) is 4.39 Å². The lowest BCUT2D eigenvalue weighted by molar-refractivity contribution is -0.129. The predicted molar refractivity (Wildman–Crippen MR) is 88.7 cm³/mol. The molecule has 6 heteroatoms. The molecule has 2 aromatic carbocycles. The van der Waals surface area contributed by atoms with E-state index in [1.807, 2.05) is 23.1 Å². The Morgan fingerprint density at radius 1 is 1.25 bits per heavy atom. The number of benzene rings is 2. The molecule has 1 atom stereocenters. The zero-order chi connectivity index (χ0) is 16.5. The van der Waals surface area contributed by atoms with Crippen LogP contribution in [0.2, 0.25) is 0 Å². The number of aromatic nitrogens is 2. The van der Waals surface area contributed by atoms with E-state index in [0.717, 1.165) is 16.5 Å². The van der Waals surface area contributed by atoms with Crippen LogP contribution in [0.15, 0.2) is 48.7 Å². The lowest BCUT2D eigenvalue weighted by atomic mass is 10.0. The van der Waals surface area contributed by atoms with Gasteiger partial charge in [0.15, 0.2) is 0 Å². The van der Waals surface area contributed by atoms with Crippen LogP contribution in [0.3, 0.4) is 0 Å². The number of amides is 1. The number of carbonyl (C=O) groups is 1. The highest BCUT2D eigenvalue weighted by Gasteiger charge is 2.32. The van der Waals surface area contributed by atoms with Gasteiger partial charge in [-0.15, -0.1) is 0 Å². The lowest BCUT2D eigenvalue weighted by Gasteiger charge is -2.35. The number of nitrogens with one attached hydrogen (secondary N) is 2. The maximum atomic E-state index is 14.2. The summed E-state index contributed by atoms with van der Waals surface area (Å²) in [5, 5.41) is 10.9. The summed E-state index contributed by atoms with van der Waals surface area (Å²) in [6.45, 7) is 1.81. The van der Waals surface area contributed by atoms with Crippen LogP contribution in [0, 0.1) is 5.82 Å². The molecule has 0 spiro atoms. The van der Waals surface area contributed by atoms with E-state index in [9.17, 15) is 9.18 Å². The van der Waals surface area contributed by atoms with Crippen molar-refractivity contribution in [1.29, 1.82) is 0 Å². The van der Waals surface area contributed by atoms with Gasteiger partial charge in [0, 0.05) is 30.6 Å². The summed E-state index contributed by atoms with van der Waals surface area (Å²) in [4.78, 5) is 14.4. The molecule has 0 aliphatic carbocycles. The van der Waals surface area contributed by atoms with Crippen LogP contribution in [0.25, 0.3) is 10.9 Å². The summed E-state index contributed by atoms with van der Waals surface area (Å²) in [6.07, 6.45) is 1.77. The van der Waals surface area contributed by atoms with Crippen molar-refractivity contribution < 1.29 is 9.18 Å². The molecule has 1 aromatic heterocycles. The zero-order valence-corrected chi connectivity index (χ0v) is 13.0. The first kappa shape index (κ1) is 14.8. The third-order valence-corrected chi connectivity index (χ3v) is 4.40. The Kier molecular flexibility index (Phi) is 3.74. The Morgan fingerprint density at radius 3 is 3.00 bits per heavy atom. The molecule has 122 valence electrons. The van der Waals surface area contributed by atoms with Crippen molar-refractivity contribution in [2.45, 2.75) is 12.6 Å². The molecule has 1 aliphatic heterocycles. The Morgan fingerprint density at radius 2 is 2.12 bits per heavy atom. The molecule has 4 rings (SSSR count). The minimum Gasteiger partial charge on any atom is -0.353 e. The summed E-state index contributed by atoms with van der Waals surface area (Å²) < 4.78 is 14.2. The van der Waals surface area contributed by atoms with E-state index in [0.29, 0.717) is 25.2 Å². The minimum atomic E-state index is -0.614. The topological polar surface area (TPSA) is 61.0 Å². The SMILES string of the molecule is O=C1NCCN(Cc2ccc3cn[nH]c3c2)C1c1ccccc1F. The van der Waals surface area contributed by atoms with E-state index < -0.39 is 6.04 Å². The molecular weight excluding hydrogens is 307 g/mol. The first-order valence-corrected chi connectivity index (χ1v) is 7.90. The largest absolute Gasteiger partial charge is 0.353 e. The molecule has 24 heavy (non-hydrogen) atoms. The molecule has 1 saturated heterocycles. The van der Waals surface area contributed by atoms with Gasteiger partial charge in [-0.3, -0.25) is 14.8 Å². The number of aromatic amines is 1. The summed E-state index contributed by atoms with van der Waals surface area (Å²) >= 11 is 0. The molecule has 2 N–H and O–H groups in total. The van der Waals surface area contributed by atoms with Crippen molar-refractivity contribution in [2.75, 3.05) is 13.1 Å². The van der Waals surface area contributed by atoms with E-state index in [1.54, 1.807) is 24.4 Å². The van der Waals surface area contributed by atoms with Crippen LogP contribution < -0.4 is 5.32 Å². The van der Waals surface area contributed by atoms with Crippen LogP contribution in [-0.4, -0.2) is 34.1 Å². The van der Waals surface area contributed by atoms with E-state index in [4.69, 9.17) is 0 Å². The van der Waals surface area contributed by atoms with Gasteiger partial charge in [0.25, 0.3) is 0 Å². The van der Waals surface area contributed by atoms with Gasteiger partial charge in [0.2, 0.25) is 5.91 Å². The van der Waals surface area contributed by atoms with Crippen molar-refractivity contribution >= 4 is 16.8 Å². The molecule has 3 aromatic rings. The Bertz CT molecular complexity index is 891. The third-order valence-electron chi connectivity index (χ3n) is 4.40. The second kappa shape index (κ2) is 6.05. The fourth-order valence-electron chi connectivity index (χ4n) is 3.24. The molecule has 0 saturated carbocycles. The van der Waals surface area contributed by atoms with Crippen molar-refractivity contribution in [2.24, 2.45) is 0 Å². The first-order chi connectivity index (χ1) is 11.7. The number of hydrogen-bond acceptors (Lipinski definition) is 3. The lowest BCUT2D eigenvalue weighted by Crippen LogP contribution is -2.49. The number of hydrogen-bond donors (Lipinski definition) is 2. The number of nitrogens with zero attached hydrogens (tertiary/aromatic N) is 2. The Hall–Kier alpha value is -2.73.